The molecule has 0 radical (unpaired) electrons. The zero-order valence-corrected chi connectivity index (χ0v) is 12.3. The molecule has 1 aliphatic rings. The predicted octanol–water partition coefficient (Wildman–Crippen LogP) is 0.782. The maximum absolute atomic E-state index is 12.4. The monoisotopic (exact) mass is 323 g/mol. The molecule has 0 aliphatic carbocycles. The van der Waals surface area contributed by atoms with Crippen LogP contribution >= 0.6 is 15.9 Å². The summed E-state index contributed by atoms with van der Waals surface area (Å²) in [7, 11) is 1.91. The molecule has 1 aliphatic heterocycles. The van der Waals surface area contributed by atoms with Gasteiger partial charge in [-0.15, -0.1) is 0 Å². The first-order valence-corrected chi connectivity index (χ1v) is 6.89. The molecule has 1 unspecified atom stereocenters. The van der Waals surface area contributed by atoms with E-state index >= 15 is 0 Å². The third-order valence-electron chi connectivity index (χ3n) is 3.29. The van der Waals surface area contributed by atoms with Crippen molar-refractivity contribution in [2.45, 2.75) is 12.5 Å². The summed E-state index contributed by atoms with van der Waals surface area (Å²) in [5, 5.41) is 0. The number of anilines is 1. The minimum atomic E-state index is -0.311. The van der Waals surface area contributed by atoms with E-state index in [0.717, 1.165) is 9.37 Å². The number of nitrogens with zero attached hydrogens (tertiary/aromatic N) is 1. The van der Waals surface area contributed by atoms with Gasteiger partial charge < -0.3 is 4.90 Å². The molecule has 100 valence electrons. The number of nitrogens with one attached hydrogen (secondary N) is 1. The van der Waals surface area contributed by atoms with Gasteiger partial charge in [0.1, 0.15) is 0 Å². The van der Waals surface area contributed by atoms with E-state index in [-0.39, 0.29) is 24.3 Å². The van der Waals surface area contributed by atoms with Crippen LogP contribution in [0.1, 0.15) is 6.42 Å². The summed E-state index contributed by atoms with van der Waals surface area (Å²) in [5.74, 6) is -0.271. The van der Waals surface area contributed by atoms with Gasteiger partial charge in [-0.2, -0.15) is 0 Å². The van der Waals surface area contributed by atoms with E-state index in [2.05, 4.69) is 22.5 Å². The Balaban J connectivity index is 2.23. The normalized spacial score (nSPS) is 20.7. The molecule has 1 aromatic carbocycles. The Kier molecular flexibility index (Phi) is 4.17. The van der Waals surface area contributed by atoms with Crippen molar-refractivity contribution in [3.8, 4) is 0 Å². The smallest absolute Gasteiger partial charge is 0.292 e. The molecule has 2 rings (SSSR count). The fourth-order valence-corrected chi connectivity index (χ4v) is 2.51. The second-order valence-corrected chi connectivity index (χ2v) is 5.56. The van der Waals surface area contributed by atoms with Crippen LogP contribution in [0.15, 0.2) is 41.4 Å². The number of hydrogen-bond donors (Lipinski definition) is 1. The minimum absolute atomic E-state index is 0.133. The number of benzene rings is 1. The molecule has 0 spiro atoms. The average Bonchev–Trinajstić information content (AvgIpc) is 2.67. The van der Waals surface area contributed by atoms with E-state index < -0.39 is 0 Å². The third-order valence-corrected chi connectivity index (χ3v) is 3.82. The highest BCUT2D eigenvalue weighted by atomic mass is 79.9. The van der Waals surface area contributed by atoms with Crippen LogP contribution in [0.4, 0.5) is 5.69 Å². The van der Waals surface area contributed by atoms with E-state index in [1.165, 1.54) is 4.90 Å². The van der Waals surface area contributed by atoms with E-state index in [0.29, 0.717) is 12.2 Å². The maximum Gasteiger partial charge on any atom is 0.292 e. The molecule has 19 heavy (non-hydrogen) atoms. The van der Waals surface area contributed by atoms with Crippen LogP contribution in [-0.2, 0) is 9.59 Å². The lowest BCUT2D eigenvalue weighted by atomic mass is 10.2. The molecule has 1 N–H and O–H groups in total. The second kappa shape index (κ2) is 5.67. The van der Waals surface area contributed by atoms with Crippen LogP contribution in [0.2, 0.25) is 0 Å². The fourth-order valence-electron chi connectivity index (χ4n) is 2.25. The molecule has 1 saturated heterocycles. The molecule has 0 saturated carbocycles. The molecule has 4 nitrogen and oxygen atoms in total. The summed E-state index contributed by atoms with van der Waals surface area (Å²) >= 11 is 3.34. The minimum Gasteiger partial charge on any atom is -0.323 e. The van der Waals surface area contributed by atoms with Crippen LogP contribution in [0.5, 0.6) is 0 Å². The van der Waals surface area contributed by atoms with E-state index in [1.807, 2.05) is 19.2 Å². The number of rotatable bonds is 4. The molecule has 2 amide bonds. The van der Waals surface area contributed by atoms with Crippen molar-refractivity contribution in [2.75, 3.05) is 18.5 Å². The molecular weight excluding hydrogens is 308 g/mol. The van der Waals surface area contributed by atoms with Gasteiger partial charge in [0.05, 0.1) is 25.7 Å². The van der Waals surface area contributed by atoms with Gasteiger partial charge >= 0.3 is 0 Å². The summed E-state index contributed by atoms with van der Waals surface area (Å²) in [6.07, 6.45) is 2.02. The highest BCUT2D eigenvalue weighted by Crippen LogP contribution is 2.23. The van der Waals surface area contributed by atoms with Gasteiger partial charge in [-0.3, -0.25) is 9.59 Å². The first-order chi connectivity index (χ1) is 9.04. The Morgan fingerprint density at radius 1 is 1.42 bits per heavy atom. The van der Waals surface area contributed by atoms with E-state index in [9.17, 15) is 9.59 Å². The summed E-state index contributed by atoms with van der Waals surface area (Å²) in [6.45, 7) is 4.33. The van der Waals surface area contributed by atoms with Crippen molar-refractivity contribution >= 4 is 33.4 Å². The number of hydrogen-bond acceptors (Lipinski definition) is 2. The summed E-state index contributed by atoms with van der Waals surface area (Å²) in [5.41, 5.74) is 0.632. The Bertz CT molecular complexity index is 513. The third kappa shape index (κ3) is 2.77. The summed E-state index contributed by atoms with van der Waals surface area (Å²) in [6, 6.07) is 6.87. The number of quaternary nitrogens is 1. The van der Waals surface area contributed by atoms with Crippen LogP contribution in [0.25, 0.3) is 0 Å². The number of carbonyl (C=O) groups excluding carboxylic acids is 2. The number of amides is 2. The quantitative estimate of drug-likeness (QED) is 0.657. The molecule has 5 heteroatoms. The van der Waals surface area contributed by atoms with Crippen molar-refractivity contribution in [3.05, 3.63) is 41.4 Å². The lowest BCUT2D eigenvalue weighted by Gasteiger charge is -2.18. The molecule has 0 aromatic heterocycles. The van der Waals surface area contributed by atoms with E-state index in [1.54, 1.807) is 18.2 Å². The Morgan fingerprint density at radius 3 is 2.63 bits per heavy atom. The van der Waals surface area contributed by atoms with Gasteiger partial charge in [0.2, 0.25) is 5.91 Å². The fraction of sp³-hybridized carbons (Fsp3) is 0.286. The molecule has 1 heterocycles. The van der Waals surface area contributed by atoms with Crippen molar-refractivity contribution < 1.29 is 14.5 Å². The zero-order valence-electron chi connectivity index (χ0n) is 10.7. The largest absolute Gasteiger partial charge is 0.323 e. The number of carbonyl (C=O) groups is 2. The topological polar surface area (TPSA) is 41.8 Å². The molecule has 1 aromatic rings. The second-order valence-electron chi connectivity index (χ2n) is 4.64. The van der Waals surface area contributed by atoms with Crippen LogP contribution in [0.3, 0.4) is 0 Å². The van der Waals surface area contributed by atoms with Gasteiger partial charge in [0.15, 0.2) is 6.04 Å². The van der Waals surface area contributed by atoms with Crippen LogP contribution in [0, 0.1) is 0 Å². The SMILES string of the molecule is C=CC[NH+](C)[C@@H]1CC(=O)N(c2ccc(Br)cc2)C1=O. The van der Waals surface area contributed by atoms with Crippen LogP contribution < -0.4 is 9.80 Å². The summed E-state index contributed by atoms with van der Waals surface area (Å²) in [4.78, 5) is 26.7. The van der Waals surface area contributed by atoms with Gasteiger partial charge in [0.25, 0.3) is 5.91 Å². The first-order valence-electron chi connectivity index (χ1n) is 6.10. The number of imide groups is 1. The van der Waals surface area contributed by atoms with Gasteiger partial charge in [0, 0.05) is 4.47 Å². The van der Waals surface area contributed by atoms with Gasteiger partial charge in [-0.1, -0.05) is 22.5 Å². The van der Waals surface area contributed by atoms with E-state index in [4.69, 9.17) is 0 Å². The predicted molar refractivity (Wildman–Crippen MR) is 77.0 cm³/mol. The Hall–Kier alpha value is -1.46. The van der Waals surface area contributed by atoms with Crippen LogP contribution in [-0.4, -0.2) is 31.4 Å². The first kappa shape index (κ1) is 14.0. The number of likely N-dealkylation sites (N-methyl/N-ethyl adjacent to an activating group) is 1. The molecule has 0 bridgehead atoms. The van der Waals surface area contributed by atoms with Gasteiger partial charge in [-0.25, -0.2) is 4.90 Å². The standard InChI is InChI=1S/C14H15BrN2O2/c1-3-8-16(2)12-9-13(18)17(14(12)19)11-6-4-10(15)5-7-11/h3-7,12H,1,8-9H2,2H3/p+1/t12-/m1/s1. The highest BCUT2D eigenvalue weighted by Gasteiger charge is 2.44. The van der Waals surface area contributed by atoms with Crippen molar-refractivity contribution in [1.82, 2.24) is 0 Å². The van der Waals surface area contributed by atoms with Crippen molar-refractivity contribution in [2.24, 2.45) is 0 Å². The Morgan fingerprint density at radius 2 is 2.05 bits per heavy atom. The number of halogens is 1. The Labute approximate surface area is 120 Å². The molecular formula is C14H16BrN2O2+. The lowest BCUT2D eigenvalue weighted by molar-refractivity contribution is -0.888. The van der Waals surface area contributed by atoms with Crippen molar-refractivity contribution in [3.63, 3.8) is 0 Å². The van der Waals surface area contributed by atoms with Crippen molar-refractivity contribution in [1.29, 1.82) is 0 Å². The average molecular weight is 324 g/mol. The molecule has 1 fully saturated rings. The lowest BCUT2D eigenvalue weighted by Crippen LogP contribution is -3.13. The highest BCUT2D eigenvalue weighted by molar-refractivity contribution is 9.10. The zero-order chi connectivity index (χ0) is 14.0. The summed E-state index contributed by atoms with van der Waals surface area (Å²) < 4.78 is 0.918. The molecule has 2 atom stereocenters. The van der Waals surface area contributed by atoms with Gasteiger partial charge in [-0.05, 0) is 30.3 Å². The maximum atomic E-state index is 12.4.